The molecule has 4 heteroatoms. The number of carbonyl (C=O) groups is 2. The molecule has 2 aliphatic heterocycles. The lowest BCUT2D eigenvalue weighted by atomic mass is 9.91. The highest BCUT2D eigenvalue weighted by Gasteiger charge is 2.22. The molecule has 140 valence electrons. The van der Waals surface area contributed by atoms with Crippen molar-refractivity contribution in [2.24, 2.45) is 5.92 Å². The summed E-state index contributed by atoms with van der Waals surface area (Å²) in [4.78, 5) is 26.5. The predicted molar refractivity (Wildman–Crippen MR) is 107 cm³/mol. The molecule has 1 amide bonds. The van der Waals surface area contributed by atoms with E-state index < -0.39 is 0 Å². The van der Waals surface area contributed by atoms with E-state index in [-0.39, 0.29) is 11.7 Å². The van der Waals surface area contributed by atoms with Crippen LogP contribution in [0, 0.1) is 5.92 Å². The normalized spacial score (nSPS) is 19.6. The van der Waals surface area contributed by atoms with Crippen molar-refractivity contribution in [2.75, 3.05) is 25.0 Å². The lowest BCUT2D eigenvalue weighted by Gasteiger charge is -2.32. The zero-order chi connectivity index (χ0) is 18.6. The number of benzene rings is 2. The minimum atomic E-state index is 0.00683. The molecule has 1 fully saturated rings. The quantitative estimate of drug-likeness (QED) is 0.797. The topological polar surface area (TPSA) is 49.4 Å². The number of fused-ring (bicyclic) bond motifs is 1. The van der Waals surface area contributed by atoms with Gasteiger partial charge in [-0.3, -0.25) is 9.59 Å². The third-order valence-electron chi connectivity index (χ3n) is 5.68. The van der Waals surface area contributed by atoms with Crippen molar-refractivity contribution in [3.05, 3.63) is 65.2 Å². The highest BCUT2D eigenvalue weighted by molar-refractivity contribution is 6.02. The number of carbonyl (C=O) groups excluding carboxylic acids is 2. The summed E-state index contributed by atoms with van der Waals surface area (Å²) in [6.07, 6.45) is 4.52. The number of likely N-dealkylation sites (tertiary alicyclic amines) is 1. The maximum Gasteiger partial charge on any atom is 0.228 e. The fraction of sp³-hybridized carbons (Fsp3) is 0.391. The average Bonchev–Trinajstić information content (AvgIpc) is 3.06. The van der Waals surface area contributed by atoms with E-state index in [0.29, 0.717) is 18.8 Å². The van der Waals surface area contributed by atoms with Crippen molar-refractivity contribution in [1.82, 2.24) is 4.90 Å². The number of nitrogens with zero attached hydrogens (tertiary/aromatic N) is 1. The summed E-state index contributed by atoms with van der Waals surface area (Å²) >= 11 is 0. The number of hydrogen-bond acceptors (Lipinski definition) is 3. The van der Waals surface area contributed by atoms with Crippen LogP contribution in [0.15, 0.2) is 48.5 Å². The maximum atomic E-state index is 12.6. The molecule has 0 aliphatic carbocycles. The molecule has 0 aromatic heterocycles. The van der Waals surface area contributed by atoms with Crippen LogP contribution in [0.2, 0.25) is 0 Å². The van der Waals surface area contributed by atoms with Crippen molar-refractivity contribution in [2.45, 2.75) is 32.1 Å². The van der Waals surface area contributed by atoms with Crippen molar-refractivity contribution < 1.29 is 9.59 Å². The lowest BCUT2D eigenvalue weighted by molar-refractivity contribution is -0.115. The van der Waals surface area contributed by atoms with Crippen LogP contribution in [0.4, 0.5) is 5.69 Å². The first-order chi connectivity index (χ1) is 13.2. The van der Waals surface area contributed by atoms with Gasteiger partial charge in [-0.2, -0.15) is 0 Å². The van der Waals surface area contributed by atoms with E-state index in [1.165, 1.54) is 18.4 Å². The molecule has 1 unspecified atom stereocenters. The van der Waals surface area contributed by atoms with Gasteiger partial charge < -0.3 is 10.2 Å². The van der Waals surface area contributed by atoms with Gasteiger partial charge in [-0.05, 0) is 61.1 Å². The number of hydrogen-bond donors (Lipinski definition) is 1. The molecular formula is C23H26N2O2. The molecule has 0 saturated carbocycles. The monoisotopic (exact) mass is 362 g/mol. The van der Waals surface area contributed by atoms with Crippen LogP contribution in [0.25, 0.3) is 0 Å². The third kappa shape index (κ3) is 4.45. The van der Waals surface area contributed by atoms with E-state index in [2.05, 4.69) is 40.5 Å². The van der Waals surface area contributed by atoms with Gasteiger partial charge in [-0.15, -0.1) is 0 Å². The van der Waals surface area contributed by atoms with Crippen LogP contribution >= 0.6 is 0 Å². The van der Waals surface area contributed by atoms with Crippen LogP contribution in [0.5, 0.6) is 0 Å². The first-order valence-corrected chi connectivity index (χ1v) is 9.89. The van der Waals surface area contributed by atoms with Gasteiger partial charge in [0.25, 0.3) is 0 Å². The number of Topliss-reactive ketones (excluding diaryl/α,β-unsaturated/α-hetero) is 1. The highest BCUT2D eigenvalue weighted by atomic mass is 16.1. The number of anilines is 1. The Hall–Kier alpha value is -2.46. The molecule has 0 radical (unpaired) electrons. The summed E-state index contributed by atoms with van der Waals surface area (Å²) in [5, 5.41) is 2.81. The molecule has 0 spiro atoms. The Balaban J connectivity index is 1.30. The zero-order valence-corrected chi connectivity index (χ0v) is 15.6. The van der Waals surface area contributed by atoms with Gasteiger partial charge in [0.1, 0.15) is 0 Å². The Kier molecular flexibility index (Phi) is 5.35. The van der Waals surface area contributed by atoms with Crippen molar-refractivity contribution in [3.8, 4) is 0 Å². The minimum absolute atomic E-state index is 0.00683. The number of piperidine rings is 1. The molecule has 1 N–H and O–H groups in total. The second kappa shape index (κ2) is 8.05. The predicted octanol–water partition coefficient (Wildman–Crippen LogP) is 3.71. The summed E-state index contributed by atoms with van der Waals surface area (Å²) in [5.41, 5.74) is 3.91. The second-order valence-electron chi connectivity index (χ2n) is 7.77. The minimum Gasteiger partial charge on any atom is -0.326 e. The van der Waals surface area contributed by atoms with Crippen LogP contribution in [0.1, 0.15) is 40.7 Å². The van der Waals surface area contributed by atoms with Crippen molar-refractivity contribution in [3.63, 3.8) is 0 Å². The van der Waals surface area contributed by atoms with Gasteiger partial charge in [-0.25, -0.2) is 0 Å². The molecule has 2 aromatic rings. The Morgan fingerprint density at radius 1 is 1.15 bits per heavy atom. The van der Waals surface area contributed by atoms with Crippen LogP contribution in [0.3, 0.4) is 0 Å². The first-order valence-electron chi connectivity index (χ1n) is 9.89. The first kappa shape index (κ1) is 17.9. The van der Waals surface area contributed by atoms with Crippen molar-refractivity contribution >= 4 is 17.4 Å². The molecule has 1 atom stereocenters. The molecular weight excluding hydrogens is 336 g/mol. The smallest absolute Gasteiger partial charge is 0.228 e. The zero-order valence-electron chi connectivity index (χ0n) is 15.6. The van der Waals surface area contributed by atoms with E-state index in [1.807, 2.05) is 18.2 Å². The second-order valence-corrected chi connectivity index (χ2v) is 7.77. The Labute approximate surface area is 160 Å². The fourth-order valence-electron chi connectivity index (χ4n) is 4.28. The van der Waals surface area contributed by atoms with Crippen LogP contribution < -0.4 is 5.32 Å². The summed E-state index contributed by atoms with van der Waals surface area (Å²) in [7, 11) is 0. The molecule has 27 heavy (non-hydrogen) atoms. The van der Waals surface area contributed by atoms with Crippen LogP contribution in [-0.2, 0) is 17.6 Å². The molecule has 2 aliphatic rings. The maximum absolute atomic E-state index is 12.6. The molecule has 2 aromatic carbocycles. The van der Waals surface area contributed by atoms with Gasteiger partial charge in [0.05, 0.1) is 6.42 Å². The molecule has 0 bridgehead atoms. The van der Waals surface area contributed by atoms with Crippen molar-refractivity contribution in [1.29, 1.82) is 0 Å². The highest BCUT2D eigenvalue weighted by Crippen LogP contribution is 2.25. The Morgan fingerprint density at radius 3 is 2.85 bits per heavy atom. The largest absolute Gasteiger partial charge is 0.326 e. The molecule has 1 saturated heterocycles. The standard InChI is InChI=1S/C23H26N2O2/c26-22(19-8-9-21-20(14-19)15-23(27)24-21)10-12-25-11-4-7-18(16-25)13-17-5-2-1-3-6-17/h1-3,5-6,8-9,14,18H,4,7,10-13,15-16H2,(H,24,27). The third-order valence-corrected chi connectivity index (χ3v) is 5.68. The van der Waals surface area contributed by atoms with E-state index in [0.717, 1.165) is 42.9 Å². The Morgan fingerprint density at radius 2 is 2.00 bits per heavy atom. The average molecular weight is 362 g/mol. The number of nitrogens with one attached hydrogen (secondary N) is 1. The van der Waals surface area contributed by atoms with Gasteiger partial charge in [0.15, 0.2) is 5.78 Å². The summed E-state index contributed by atoms with van der Waals surface area (Å²) < 4.78 is 0. The van der Waals surface area contributed by atoms with E-state index in [4.69, 9.17) is 0 Å². The summed E-state index contributed by atoms with van der Waals surface area (Å²) in [6, 6.07) is 16.2. The van der Waals surface area contributed by atoms with Gasteiger partial charge in [0.2, 0.25) is 5.91 Å². The summed E-state index contributed by atoms with van der Waals surface area (Å²) in [5.74, 6) is 0.850. The fourth-order valence-corrected chi connectivity index (χ4v) is 4.28. The van der Waals surface area contributed by atoms with E-state index in [9.17, 15) is 9.59 Å². The van der Waals surface area contributed by atoms with Gasteiger partial charge in [0, 0.05) is 30.8 Å². The molecule has 4 rings (SSSR count). The van der Waals surface area contributed by atoms with Crippen LogP contribution in [-0.4, -0.2) is 36.2 Å². The SMILES string of the molecule is O=C1Cc2cc(C(=O)CCN3CCCC(Cc4ccccc4)C3)ccc2N1. The van der Waals surface area contributed by atoms with E-state index in [1.54, 1.807) is 0 Å². The Bertz CT molecular complexity index is 832. The molecule has 2 heterocycles. The summed E-state index contributed by atoms with van der Waals surface area (Å²) in [6.45, 7) is 2.98. The number of rotatable bonds is 6. The number of amides is 1. The number of ketones is 1. The lowest BCUT2D eigenvalue weighted by Crippen LogP contribution is -2.37. The van der Waals surface area contributed by atoms with Gasteiger partial charge >= 0.3 is 0 Å². The van der Waals surface area contributed by atoms with E-state index >= 15 is 0 Å². The van der Waals surface area contributed by atoms with Gasteiger partial charge in [-0.1, -0.05) is 30.3 Å². The molecule has 4 nitrogen and oxygen atoms in total.